The molecule has 1 saturated heterocycles. The summed E-state index contributed by atoms with van der Waals surface area (Å²) in [6.07, 6.45) is 4.54. The van der Waals surface area contributed by atoms with Gasteiger partial charge in [0.2, 0.25) is 0 Å². The maximum Gasteiger partial charge on any atom is 0.161 e. The first-order valence-electron chi connectivity index (χ1n) is 7.38. The molecule has 0 amide bonds. The molecule has 0 radical (unpaired) electrons. The predicted molar refractivity (Wildman–Crippen MR) is 88.7 cm³/mol. The van der Waals surface area contributed by atoms with E-state index in [1.165, 1.54) is 36.4 Å². The van der Waals surface area contributed by atoms with E-state index in [1.54, 1.807) is 26.0 Å². The van der Waals surface area contributed by atoms with E-state index in [0.717, 1.165) is 18.0 Å². The van der Waals surface area contributed by atoms with E-state index in [1.807, 2.05) is 0 Å². The third-order valence-electron chi connectivity index (χ3n) is 4.09. The molecule has 5 heteroatoms. The zero-order valence-corrected chi connectivity index (χ0v) is 14.3. The number of likely N-dealkylation sites (tertiary alicyclic amines) is 1. The van der Waals surface area contributed by atoms with Gasteiger partial charge >= 0.3 is 0 Å². The van der Waals surface area contributed by atoms with Crippen LogP contribution >= 0.6 is 11.8 Å². The summed E-state index contributed by atoms with van der Waals surface area (Å²) in [5.74, 6) is 1.60. The molecule has 1 aromatic carbocycles. The number of piperidine rings is 1. The number of thioether (sulfide) groups is 1. The molecule has 21 heavy (non-hydrogen) atoms. The number of nitrogens with one attached hydrogen (secondary N) is 1. The molecule has 0 aromatic heterocycles. The van der Waals surface area contributed by atoms with Gasteiger partial charge in [-0.05, 0) is 56.9 Å². The van der Waals surface area contributed by atoms with Crippen LogP contribution in [0, 0.1) is 0 Å². The summed E-state index contributed by atoms with van der Waals surface area (Å²) in [6, 6.07) is 4.77. The highest BCUT2D eigenvalue weighted by atomic mass is 32.2. The molecule has 0 aliphatic carbocycles. The van der Waals surface area contributed by atoms with Crippen LogP contribution in [0.2, 0.25) is 0 Å². The molecule has 118 valence electrons. The van der Waals surface area contributed by atoms with Crippen LogP contribution in [0.25, 0.3) is 0 Å². The second-order valence-electron chi connectivity index (χ2n) is 5.48. The van der Waals surface area contributed by atoms with Crippen molar-refractivity contribution in [3.63, 3.8) is 0 Å². The number of benzene rings is 1. The van der Waals surface area contributed by atoms with E-state index >= 15 is 0 Å². The van der Waals surface area contributed by atoms with Crippen molar-refractivity contribution >= 4 is 11.8 Å². The number of ether oxygens (including phenoxy) is 2. The predicted octanol–water partition coefficient (Wildman–Crippen LogP) is 2.61. The largest absolute Gasteiger partial charge is 0.493 e. The van der Waals surface area contributed by atoms with Gasteiger partial charge in [0.15, 0.2) is 11.5 Å². The van der Waals surface area contributed by atoms with Crippen molar-refractivity contribution in [1.82, 2.24) is 10.2 Å². The average Bonchev–Trinajstić information content (AvgIpc) is 2.53. The Bertz CT molecular complexity index is 460. The van der Waals surface area contributed by atoms with Crippen molar-refractivity contribution in [2.24, 2.45) is 0 Å². The van der Waals surface area contributed by atoms with Crippen LogP contribution in [0.4, 0.5) is 0 Å². The summed E-state index contributed by atoms with van der Waals surface area (Å²) in [7, 11) is 5.56. The molecular formula is C16H26N2O2S. The maximum absolute atomic E-state index is 5.41. The third kappa shape index (κ3) is 4.28. The smallest absolute Gasteiger partial charge is 0.161 e. The van der Waals surface area contributed by atoms with Crippen molar-refractivity contribution in [3.8, 4) is 11.5 Å². The van der Waals surface area contributed by atoms with Crippen LogP contribution in [0.3, 0.4) is 0 Å². The molecule has 1 aromatic rings. The standard InChI is InChI=1S/C16H26N2O2S/c1-18-7-5-13(6-8-18)17-11-12-9-14(19-2)15(20-3)10-16(12)21-4/h9-10,13,17H,5-8,11H2,1-4H3. The topological polar surface area (TPSA) is 33.7 Å². The molecule has 0 spiro atoms. The van der Waals surface area contributed by atoms with Crippen LogP contribution in [0.1, 0.15) is 18.4 Å². The summed E-state index contributed by atoms with van der Waals surface area (Å²) in [5, 5.41) is 3.69. The highest BCUT2D eigenvalue weighted by Gasteiger charge is 2.17. The first-order valence-corrected chi connectivity index (χ1v) is 8.61. The Labute approximate surface area is 132 Å². The van der Waals surface area contributed by atoms with E-state index in [4.69, 9.17) is 9.47 Å². The van der Waals surface area contributed by atoms with Gasteiger partial charge in [0, 0.05) is 17.5 Å². The Hall–Kier alpha value is -0.910. The number of methoxy groups -OCH3 is 2. The van der Waals surface area contributed by atoms with Gasteiger partial charge in [-0.1, -0.05) is 0 Å². The Morgan fingerprint density at radius 2 is 1.81 bits per heavy atom. The quantitative estimate of drug-likeness (QED) is 0.817. The molecule has 0 bridgehead atoms. The Morgan fingerprint density at radius 3 is 2.38 bits per heavy atom. The lowest BCUT2D eigenvalue weighted by Gasteiger charge is -2.29. The van der Waals surface area contributed by atoms with Gasteiger partial charge in [-0.2, -0.15) is 0 Å². The lowest BCUT2D eigenvalue weighted by Crippen LogP contribution is -2.40. The highest BCUT2D eigenvalue weighted by Crippen LogP contribution is 2.34. The maximum atomic E-state index is 5.41. The zero-order valence-electron chi connectivity index (χ0n) is 13.4. The van der Waals surface area contributed by atoms with E-state index in [0.29, 0.717) is 6.04 Å². The Balaban J connectivity index is 2.04. The summed E-state index contributed by atoms with van der Waals surface area (Å²) >= 11 is 1.75. The zero-order chi connectivity index (χ0) is 15.2. The van der Waals surface area contributed by atoms with Crippen LogP contribution < -0.4 is 14.8 Å². The van der Waals surface area contributed by atoms with Crippen molar-refractivity contribution in [2.75, 3.05) is 40.6 Å². The fourth-order valence-electron chi connectivity index (χ4n) is 2.70. The average molecular weight is 310 g/mol. The summed E-state index contributed by atoms with van der Waals surface area (Å²) < 4.78 is 10.8. The summed E-state index contributed by atoms with van der Waals surface area (Å²) in [4.78, 5) is 3.63. The van der Waals surface area contributed by atoms with Gasteiger partial charge in [-0.25, -0.2) is 0 Å². The van der Waals surface area contributed by atoms with Crippen LogP contribution in [-0.2, 0) is 6.54 Å². The lowest BCUT2D eigenvalue weighted by atomic mass is 10.1. The summed E-state index contributed by atoms with van der Waals surface area (Å²) in [5.41, 5.74) is 1.28. The van der Waals surface area contributed by atoms with Gasteiger partial charge in [-0.15, -0.1) is 11.8 Å². The monoisotopic (exact) mass is 310 g/mol. The third-order valence-corrected chi connectivity index (χ3v) is 4.91. The van der Waals surface area contributed by atoms with Crippen LogP contribution in [0.5, 0.6) is 11.5 Å². The van der Waals surface area contributed by atoms with Gasteiger partial charge in [-0.3, -0.25) is 0 Å². The number of rotatable bonds is 6. The van der Waals surface area contributed by atoms with Gasteiger partial charge < -0.3 is 19.7 Å². The van der Waals surface area contributed by atoms with Crippen molar-refractivity contribution < 1.29 is 9.47 Å². The van der Waals surface area contributed by atoms with Crippen LogP contribution in [0.15, 0.2) is 17.0 Å². The normalized spacial score (nSPS) is 17.0. The first-order chi connectivity index (χ1) is 10.2. The van der Waals surface area contributed by atoms with Gasteiger partial charge in [0.1, 0.15) is 0 Å². The second-order valence-corrected chi connectivity index (χ2v) is 6.33. The molecule has 1 aliphatic heterocycles. The number of hydrogen-bond acceptors (Lipinski definition) is 5. The minimum atomic E-state index is 0.615. The fraction of sp³-hybridized carbons (Fsp3) is 0.625. The van der Waals surface area contributed by atoms with Gasteiger partial charge in [0.05, 0.1) is 14.2 Å². The van der Waals surface area contributed by atoms with E-state index < -0.39 is 0 Å². The molecule has 1 heterocycles. The van der Waals surface area contributed by atoms with E-state index in [9.17, 15) is 0 Å². The minimum Gasteiger partial charge on any atom is -0.493 e. The molecule has 0 atom stereocenters. The minimum absolute atomic E-state index is 0.615. The Kier molecular flexibility index (Phi) is 6.21. The fourth-order valence-corrected chi connectivity index (χ4v) is 3.32. The molecule has 0 unspecified atom stereocenters. The molecule has 2 rings (SSSR count). The Morgan fingerprint density at radius 1 is 1.19 bits per heavy atom. The molecule has 1 aliphatic rings. The molecule has 0 saturated carbocycles. The van der Waals surface area contributed by atoms with E-state index in [-0.39, 0.29) is 0 Å². The number of hydrogen-bond donors (Lipinski definition) is 1. The van der Waals surface area contributed by atoms with Crippen LogP contribution in [-0.4, -0.2) is 51.6 Å². The second kappa shape index (κ2) is 7.92. The SMILES string of the molecule is COc1cc(CNC2CCN(C)CC2)c(SC)cc1OC. The van der Waals surface area contributed by atoms with Gasteiger partial charge in [0.25, 0.3) is 0 Å². The molecule has 1 fully saturated rings. The van der Waals surface area contributed by atoms with Crippen molar-refractivity contribution in [1.29, 1.82) is 0 Å². The summed E-state index contributed by atoms with van der Waals surface area (Å²) in [6.45, 7) is 3.24. The molecule has 4 nitrogen and oxygen atoms in total. The van der Waals surface area contributed by atoms with Crippen molar-refractivity contribution in [3.05, 3.63) is 17.7 Å². The first kappa shape index (κ1) is 16.5. The molecule has 1 N–H and O–H groups in total. The lowest BCUT2D eigenvalue weighted by molar-refractivity contribution is 0.234. The van der Waals surface area contributed by atoms with Crippen molar-refractivity contribution in [2.45, 2.75) is 30.3 Å². The number of nitrogens with zero attached hydrogens (tertiary/aromatic N) is 1. The molecular weight excluding hydrogens is 284 g/mol. The highest BCUT2D eigenvalue weighted by molar-refractivity contribution is 7.98. The van der Waals surface area contributed by atoms with E-state index in [2.05, 4.69) is 35.7 Å².